The van der Waals surface area contributed by atoms with Crippen LogP contribution in [-0.2, 0) is 0 Å². The Balaban J connectivity index is 1.95. The van der Waals surface area contributed by atoms with Crippen LogP contribution in [0.4, 0.5) is 0 Å². The Morgan fingerprint density at radius 3 is 2.00 bits per heavy atom. The molecule has 0 atom stereocenters. The molecule has 26 heavy (non-hydrogen) atoms. The average molecular weight is 342 g/mol. The van der Waals surface area contributed by atoms with Crippen molar-refractivity contribution in [2.24, 2.45) is 0 Å². The van der Waals surface area contributed by atoms with Crippen molar-refractivity contribution in [3.8, 4) is 5.75 Å². The SMILES string of the molecule is COc1ccc2c(=O)cc(C(c3ccccc3)c3ccccc3)oc2c1. The zero-order valence-electron chi connectivity index (χ0n) is 14.4. The summed E-state index contributed by atoms with van der Waals surface area (Å²) < 4.78 is 11.4. The first kappa shape index (κ1) is 16.2. The van der Waals surface area contributed by atoms with E-state index in [-0.39, 0.29) is 11.3 Å². The van der Waals surface area contributed by atoms with E-state index < -0.39 is 0 Å². The second-order valence-electron chi connectivity index (χ2n) is 6.13. The van der Waals surface area contributed by atoms with Crippen LogP contribution >= 0.6 is 0 Å². The smallest absolute Gasteiger partial charge is 0.192 e. The lowest BCUT2D eigenvalue weighted by Gasteiger charge is -2.17. The van der Waals surface area contributed by atoms with Crippen molar-refractivity contribution in [2.75, 3.05) is 7.11 Å². The summed E-state index contributed by atoms with van der Waals surface area (Å²) in [6, 6.07) is 27.0. The first-order valence-corrected chi connectivity index (χ1v) is 8.48. The molecule has 1 heterocycles. The Labute approximate surface area is 151 Å². The third kappa shape index (κ3) is 3.00. The summed E-state index contributed by atoms with van der Waals surface area (Å²) in [7, 11) is 1.60. The number of benzene rings is 3. The van der Waals surface area contributed by atoms with Gasteiger partial charge in [0.15, 0.2) is 5.43 Å². The second-order valence-corrected chi connectivity index (χ2v) is 6.13. The van der Waals surface area contributed by atoms with Crippen molar-refractivity contribution in [3.05, 3.63) is 112 Å². The molecule has 3 nitrogen and oxygen atoms in total. The summed E-state index contributed by atoms with van der Waals surface area (Å²) in [5, 5.41) is 0.550. The topological polar surface area (TPSA) is 39.4 Å². The minimum Gasteiger partial charge on any atom is -0.497 e. The molecule has 0 fully saturated rings. The summed E-state index contributed by atoms with van der Waals surface area (Å²) in [5.41, 5.74) is 2.62. The van der Waals surface area contributed by atoms with Crippen LogP contribution in [0.15, 0.2) is 94.1 Å². The van der Waals surface area contributed by atoms with Gasteiger partial charge in [-0.15, -0.1) is 0 Å². The van der Waals surface area contributed by atoms with Gasteiger partial charge in [-0.25, -0.2) is 0 Å². The Hall–Kier alpha value is -3.33. The van der Waals surface area contributed by atoms with Crippen molar-refractivity contribution < 1.29 is 9.15 Å². The molecule has 0 spiro atoms. The van der Waals surface area contributed by atoms with Crippen molar-refractivity contribution in [1.82, 2.24) is 0 Å². The van der Waals surface area contributed by atoms with Gasteiger partial charge in [0.05, 0.1) is 18.4 Å². The van der Waals surface area contributed by atoms with E-state index in [1.807, 2.05) is 60.7 Å². The number of hydrogen-bond donors (Lipinski definition) is 0. The summed E-state index contributed by atoms with van der Waals surface area (Å²) >= 11 is 0. The van der Waals surface area contributed by atoms with Gasteiger partial charge in [0.1, 0.15) is 17.1 Å². The van der Waals surface area contributed by atoms with E-state index in [9.17, 15) is 4.79 Å². The average Bonchev–Trinajstić information content (AvgIpc) is 2.69. The predicted molar refractivity (Wildman–Crippen MR) is 103 cm³/mol. The number of methoxy groups -OCH3 is 1. The number of fused-ring (bicyclic) bond motifs is 1. The lowest BCUT2D eigenvalue weighted by molar-refractivity contribution is 0.414. The van der Waals surface area contributed by atoms with Gasteiger partial charge in [0, 0.05) is 12.1 Å². The first-order chi connectivity index (χ1) is 12.8. The highest BCUT2D eigenvalue weighted by molar-refractivity contribution is 5.78. The molecule has 0 saturated carbocycles. The van der Waals surface area contributed by atoms with Crippen LogP contribution in [0.5, 0.6) is 5.75 Å². The molecule has 0 radical (unpaired) electrons. The largest absolute Gasteiger partial charge is 0.497 e. The Kier molecular flexibility index (Phi) is 4.28. The standard InChI is InChI=1S/C23H18O3/c1-25-18-12-13-19-20(24)15-22(26-21(19)14-18)23(16-8-4-2-5-9-16)17-10-6-3-7-11-17/h2-15,23H,1H3. The van der Waals surface area contributed by atoms with Gasteiger partial charge in [-0.1, -0.05) is 60.7 Å². The highest BCUT2D eigenvalue weighted by atomic mass is 16.5. The molecule has 3 heteroatoms. The van der Waals surface area contributed by atoms with Crippen LogP contribution in [-0.4, -0.2) is 7.11 Å². The molecule has 3 aromatic carbocycles. The molecule has 0 saturated heterocycles. The van der Waals surface area contributed by atoms with Gasteiger partial charge in [-0.05, 0) is 23.3 Å². The first-order valence-electron chi connectivity index (χ1n) is 8.48. The molecule has 0 aliphatic heterocycles. The normalized spacial score (nSPS) is 11.0. The van der Waals surface area contributed by atoms with Crippen molar-refractivity contribution >= 4 is 11.0 Å². The summed E-state index contributed by atoms with van der Waals surface area (Å²) in [6.45, 7) is 0. The van der Waals surface area contributed by atoms with Crippen molar-refractivity contribution in [3.63, 3.8) is 0 Å². The molecular weight excluding hydrogens is 324 g/mol. The van der Waals surface area contributed by atoms with E-state index in [1.165, 1.54) is 0 Å². The van der Waals surface area contributed by atoms with Crippen molar-refractivity contribution in [1.29, 1.82) is 0 Å². The van der Waals surface area contributed by atoms with Crippen molar-refractivity contribution in [2.45, 2.75) is 5.92 Å². The van der Waals surface area contributed by atoms with Gasteiger partial charge in [0.2, 0.25) is 0 Å². The zero-order valence-corrected chi connectivity index (χ0v) is 14.4. The summed E-state index contributed by atoms with van der Waals surface area (Å²) in [4.78, 5) is 12.7. The van der Waals surface area contributed by atoms with Gasteiger partial charge < -0.3 is 9.15 Å². The van der Waals surface area contributed by atoms with Crippen LogP contribution in [0.25, 0.3) is 11.0 Å². The third-order valence-corrected chi connectivity index (χ3v) is 4.51. The van der Waals surface area contributed by atoms with Crippen LogP contribution in [0.1, 0.15) is 22.8 Å². The van der Waals surface area contributed by atoms with Gasteiger partial charge in [-0.3, -0.25) is 4.79 Å². The monoisotopic (exact) mass is 342 g/mol. The van der Waals surface area contributed by atoms with E-state index in [2.05, 4.69) is 0 Å². The predicted octanol–water partition coefficient (Wildman–Crippen LogP) is 4.98. The number of ether oxygens (including phenoxy) is 1. The van der Waals surface area contributed by atoms with E-state index in [1.54, 1.807) is 31.4 Å². The van der Waals surface area contributed by atoms with Gasteiger partial charge >= 0.3 is 0 Å². The lowest BCUT2D eigenvalue weighted by Crippen LogP contribution is -2.09. The molecular formula is C23H18O3. The number of hydrogen-bond acceptors (Lipinski definition) is 3. The summed E-state index contributed by atoms with van der Waals surface area (Å²) in [5.74, 6) is 1.13. The molecule has 0 N–H and O–H groups in total. The third-order valence-electron chi connectivity index (χ3n) is 4.51. The van der Waals surface area contributed by atoms with Crippen LogP contribution < -0.4 is 10.2 Å². The van der Waals surface area contributed by atoms with E-state index in [4.69, 9.17) is 9.15 Å². The maximum absolute atomic E-state index is 12.7. The summed E-state index contributed by atoms with van der Waals surface area (Å²) in [6.07, 6.45) is 0. The second kappa shape index (κ2) is 6.89. The molecule has 1 aromatic heterocycles. The minimum absolute atomic E-state index is 0.0548. The highest BCUT2D eigenvalue weighted by Crippen LogP contribution is 2.33. The van der Waals surface area contributed by atoms with E-state index in [0.29, 0.717) is 22.5 Å². The molecule has 4 rings (SSSR count). The molecule has 0 unspecified atom stereocenters. The molecule has 0 aliphatic carbocycles. The molecule has 128 valence electrons. The highest BCUT2D eigenvalue weighted by Gasteiger charge is 2.20. The number of rotatable bonds is 4. The minimum atomic E-state index is -0.152. The maximum Gasteiger partial charge on any atom is 0.192 e. The van der Waals surface area contributed by atoms with Crippen LogP contribution in [0, 0.1) is 0 Å². The van der Waals surface area contributed by atoms with Gasteiger partial charge in [0.25, 0.3) is 0 Å². The van der Waals surface area contributed by atoms with E-state index >= 15 is 0 Å². The maximum atomic E-state index is 12.7. The lowest BCUT2D eigenvalue weighted by atomic mass is 9.89. The fraction of sp³-hybridized carbons (Fsp3) is 0.0870. The van der Waals surface area contributed by atoms with Crippen LogP contribution in [0.3, 0.4) is 0 Å². The Morgan fingerprint density at radius 2 is 1.42 bits per heavy atom. The molecule has 4 aromatic rings. The fourth-order valence-electron chi connectivity index (χ4n) is 3.24. The molecule has 0 bridgehead atoms. The van der Waals surface area contributed by atoms with E-state index in [0.717, 1.165) is 11.1 Å². The van der Waals surface area contributed by atoms with Gasteiger partial charge in [-0.2, -0.15) is 0 Å². The molecule has 0 aliphatic rings. The quantitative estimate of drug-likeness (QED) is 0.525. The fourth-order valence-corrected chi connectivity index (χ4v) is 3.24. The zero-order chi connectivity index (χ0) is 17.9. The van der Waals surface area contributed by atoms with Crippen LogP contribution in [0.2, 0.25) is 0 Å². The Bertz CT molecular complexity index is 1040. The molecule has 0 amide bonds. The Morgan fingerprint density at radius 1 is 0.808 bits per heavy atom.